The Morgan fingerprint density at radius 3 is 2.67 bits per heavy atom. The Hall–Kier alpha value is -1.72. The molecule has 0 aliphatic heterocycles. The summed E-state index contributed by atoms with van der Waals surface area (Å²) < 4.78 is 10.8. The van der Waals surface area contributed by atoms with Gasteiger partial charge in [-0.1, -0.05) is 41.9 Å². The molecular weight excluding hydrogens is 266 g/mol. The van der Waals surface area contributed by atoms with Gasteiger partial charge in [-0.2, -0.15) is 4.98 Å². The summed E-state index contributed by atoms with van der Waals surface area (Å²) in [5, 5.41) is 3.99. The van der Waals surface area contributed by atoms with Crippen molar-refractivity contribution in [2.24, 2.45) is 5.73 Å². The number of nitrogens with two attached hydrogens (primary N) is 1. The van der Waals surface area contributed by atoms with Crippen LogP contribution < -0.4 is 5.73 Å². The van der Waals surface area contributed by atoms with Gasteiger partial charge in [0.15, 0.2) is 5.82 Å². The van der Waals surface area contributed by atoms with Crippen molar-refractivity contribution >= 4 is 0 Å². The lowest BCUT2D eigenvalue weighted by atomic mass is 10.1. The maximum Gasteiger partial charge on any atom is 0.231 e. The Morgan fingerprint density at radius 2 is 2.00 bits per heavy atom. The van der Waals surface area contributed by atoms with Crippen molar-refractivity contribution in [3.8, 4) is 0 Å². The van der Waals surface area contributed by atoms with E-state index in [1.807, 2.05) is 6.92 Å². The Balaban J connectivity index is 2.01. The first-order valence-electron chi connectivity index (χ1n) is 7.26. The second kappa shape index (κ2) is 6.83. The maximum atomic E-state index is 6.20. The molecule has 21 heavy (non-hydrogen) atoms. The molecule has 0 aliphatic rings. The molecule has 1 heterocycles. The van der Waals surface area contributed by atoms with E-state index in [2.05, 4.69) is 48.3 Å². The van der Waals surface area contributed by atoms with Crippen LogP contribution in [0, 0.1) is 6.92 Å². The number of hydrogen-bond acceptors (Lipinski definition) is 5. The van der Waals surface area contributed by atoms with Gasteiger partial charge < -0.3 is 15.0 Å². The third kappa shape index (κ3) is 4.37. The monoisotopic (exact) mass is 289 g/mol. The molecule has 1 aromatic carbocycles. The molecule has 0 amide bonds. The number of benzene rings is 1. The summed E-state index contributed by atoms with van der Waals surface area (Å²) in [5.74, 6) is 1.06. The van der Waals surface area contributed by atoms with Crippen LogP contribution in [0.2, 0.25) is 0 Å². The van der Waals surface area contributed by atoms with E-state index in [0.29, 0.717) is 31.3 Å². The van der Waals surface area contributed by atoms with Crippen LogP contribution in [0.1, 0.15) is 43.1 Å². The van der Waals surface area contributed by atoms with Crippen LogP contribution in [0.4, 0.5) is 0 Å². The highest BCUT2D eigenvalue weighted by Crippen LogP contribution is 2.16. The van der Waals surface area contributed by atoms with Crippen LogP contribution >= 0.6 is 0 Å². The van der Waals surface area contributed by atoms with E-state index in [0.717, 1.165) is 12.0 Å². The van der Waals surface area contributed by atoms with E-state index in [1.54, 1.807) is 0 Å². The molecule has 1 aromatic heterocycles. The summed E-state index contributed by atoms with van der Waals surface area (Å²) in [6.07, 6.45) is 1.57. The highest BCUT2D eigenvalue weighted by atomic mass is 16.5. The second-order valence-corrected chi connectivity index (χ2v) is 5.64. The molecule has 114 valence electrons. The van der Waals surface area contributed by atoms with Gasteiger partial charge in [0.1, 0.15) is 5.54 Å². The van der Waals surface area contributed by atoms with Crippen LogP contribution in [0.3, 0.4) is 0 Å². The Morgan fingerprint density at radius 1 is 1.29 bits per heavy atom. The molecule has 0 spiro atoms. The average Bonchev–Trinajstić information content (AvgIpc) is 2.91. The minimum Gasteiger partial charge on any atom is -0.379 e. The first kappa shape index (κ1) is 15.7. The number of nitrogens with zero attached hydrogens (tertiary/aromatic N) is 2. The number of ether oxygens (including phenoxy) is 1. The topological polar surface area (TPSA) is 74.2 Å². The maximum absolute atomic E-state index is 6.20. The van der Waals surface area contributed by atoms with E-state index in [9.17, 15) is 0 Å². The van der Waals surface area contributed by atoms with Crippen molar-refractivity contribution in [3.63, 3.8) is 0 Å². The van der Waals surface area contributed by atoms with Gasteiger partial charge in [0.2, 0.25) is 5.89 Å². The second-order valence-electron chi connectivity index (χ2n) is 5.64. The van der Waals surface area contributed by atoms with E-state index < -0.39 is 5.54 Å². The van der Waals surface area contributed by atoms with Gasteiger partial charge in [0.25, 0.3) is 0 Å². The summed E-state index contributed by atoms with van der Waals surface area (Å²) in [6.45, 7) is 7.03. The van der Waals surface area contributed by atoms with Crippen molar-refractivity contribution in [2.75, 3.05) is 13.2 Å². The molecule has 0 aliphatic carbocycles. The van der Waals surface area contributed by atoms with Crippen LogP contribution in [0.25, 0.3) is 0 Å². The van der Waals surface area contributed by atoms with Crippen molar-refractivity contribution < 1.29 is 9.26 Å². The molecule has 5 heteroatoms. The molecular formula is C16H23N3O2. The number of aromatic nitrogens is 2. The van der Waals surface area contributed by atoms with Gasteiger partial charge in [-0.15, -0.1) is 0 Å². The van der Waals surface area contributed by atoms with Crippen molar-refractivity contribution in [3.05, 3.63) is 47.1 Å². The normalized spacial score (nSPS) is 14.1. The molecule has 0 bridgehead atoms. The molecule has 1 unspecified atom stereocenters. The fourth-order valence-corrected chi connectivity index (χ4v) is 1.93. The zero-order chi connectivity index (χ0) is 15.3. The minimum atomic E-state index is -0.732. The van der Waals surface area contributed by atoms with E-state index in [1.165, 1.54) is 5.56 Å². The Bertz CT molecular complexity index is 561. The molecule has 0 fully saturated rings. The summed E-state index contributed by atoms with van der Waals surface area (Å²) >= 11 is 0. The van der Waals surface area contributed by atoms with Crippen LogP contribution in [-0.4, -0.2) is 23.4 Å². The van der Waals surface area contributed by atoms with Crippen molar-refractivity contribution in [2.45, 2.75) is 39.2 Å². The van der Waals surface area contributed by atoms with Gasteiger partial charge in [-0.05, 0) is 25.8 Å². The third-order valence-electron chi connectivity index (χ3n) is 3.21. The minimum absolute atomic E-state index is 0.379. The van der Waals surface area contributed by atoms with E-state index in [-0.39, 0.29) is 0 Å². The third-order valence-corrected chi connectivity index (χ3v) is 3.21. The molecule has 1 atom stereocenters. The highest BCUT2D eigenvalue weighted by molar-refractivity contribution is 5.23. The first-order valence-corrected chi connectivity index (χ1v) is 7.26. The largest absolute Gasteiger partial charge is 0.379 e. The molecule has 2 N–H and O–H groups in total. The van der Waals surface area contributed by atoms with Gasteiger partial charge in [0.05, 0.1) is 13.0 Å². The Kier molecular flexibility index (Phi) is 5.09. The standard InChI is InChI=1S/C16H23N3O2/c1-4-9-20-11-16(3,17)15-18-14(21-19-15)10-13-7-5-12(2)6-8-13/h5-8H,4,9-11,17H2,1-3H3. The molecule has 0 saturated heterocycles. The zero-order valence-electron chi connectivity index (χ0n) is 12.9. The number of hydrogen-bond donors (Lipinski definition) is 1. The van der Waals surface area contributed by atoms with Crippen molar-refractivity contribution in [1.29, 1.82) is 0 Å². The lowest BCUT2D eigenvalue weighted by Crippen LogP contribution is -2.39. The van der Waals surface area contributed by atoms with Crippen LogP contribution in [0.5, 0.6) is 0 Å². The fourth-order valence-electron chi connectivity index (χ4n) is 1.93. The molecule has 0 radical (unpaired) electrons. The number of aryl methyl sites for hydroxylation is 1. The highest BCUT2D eigenvalue weighted by Gasteiger charge is 2.27. The fraction of sp³-hybridized carbons (Fsp3) is 0.500. The lowest BCUT2D eigenvalue weighted by molar-refractivity contribution is 0.0867. The molecule has 2 aromatic rings. The first-order chi connectivity index (χ1) is 10.0. The summed E-state index contributed by atoms with van der Waals surface area (Å²) in [6, 6.07) is 8.26. The lowest BCUT2D eigenvalue weighted by Gasteiger charge is -2.19. The van der Waals surface area contributed by atoms with E-state index in [4.69, 9.17) is 15.0 Å². The molecule has 5 nitrogen and oxygen atoms in total. The quantitative estimate of drug-likeness (QED) is 0.793. The SMILES string of the molecule is CCCOCC(C)(N)c1noc(Cc2ccc(C)cc2)n1. The van der Waals surface area contributed by atoms with Gasteiger partial charge in [-0.25, -0.2) is 0 Å². The van der Waals surface area contributed by atoms with Crippen LogP contribution in [0.15, 0.2) is 28.8 Å². The predicted molar refractivity (Wildman–Crippen MR) is 80.9 cm³/mol. The van der Waals surface area contributed by atoms with Crippen LogP contribution in [-0.2, 0) is 16.7 Å². The number of rotatable bonds is 7. The van der Waals surface area contributed by atoms with Gasteiger partial charge >= 0.3 is 0 Å². The van der Waals surface area contributed by atoms with Gasteiger partial charge in [-0.3, -0.25) is 0 Å². The van der Waals surface area contributed by atoms with Gasteiger partial charge in [0, 0.05) is 6.61 Å². The van der Waals surface area contributed by atoms with Crippen molar-refractivity contribution in [1.82, 2.24) is 10.1 Å². The summed E-state index contributed by atoms with van der Waals surface area (Å²) in [5.41, 5.74) is 7.83. The Labute approximate surface area is 125 Å². The molecule has 0 saturated carbocycles. The predicted octanol–water partition coefficient (Wildman–Crippen LogP) is 2.57. The summed E-state index contributed by atoms with van der Waals surface area (Å²) in [4.78, 5) is 4.40. The van der Waals surface area contributed by atoms with E-state index >= 15 is 0 Å². The average molecular weight is 289 g/mol. The zero-order valence-corrected chi connectivity index (χ0v) is 12.9. The smallest absolute Gasteiger partial charge is 0.231 e. The summed E-state index contributed by atoms with van der Waals surface area (Å²) in [7, 11) is 0. The molecule has 2 rings (SSSR count).